The summed E-state index contributed by atoms with van der Waals surface area (Å²) in [5.41, 5.74) is 4.40. The molecule has 0 aromatic heterocycles. The maximum absolute atomic E-state index is 12.6. The van der Waals surface area contributed by atoms with E-state index in [9.17, 15) is 14.4 Å². The van der Waals surface area contributed by atoms with E-state index in [1.165, 1.54) is 6.92 Å². The van der Waals surface area contributed by atoms with Gasteiger partial charge in [0.15, 0.2) is 6.10 Å². The van der Waals surface area contributed by atoms with E-state index in [2.05, 4.69) is 15.5 Å². The molecule has 2 amide bonds. The summed E-state index contributed by atoms with van der Waals surface area (Å²) in [4.78, 5) is 39.5. The predicted octanol–water partition coefficient (Wildman–Crippen LogP) is 3.41. The van der Waals surface area contributed by atoms with E-state index < -0.39 is 18.0 Å². The monoisotopic (exact) mass is 407 g/mol. The van der Waals surface area contributed by atoms with Gasteiger partial charge in [-0.05, 0) is 62.9 Å². The molecule has 2 aromatic carbocycles. The minimum Gasteiger partial charge on any atom is -0.449 e. The Hall–Kier alpha value is -3.35. The second-order valence-corrected chi connectivity index (χ2v) is 7.88. The summed E-state index contributed by atoms with van der Waals surface area (Å²) in [5.74, 6) is -1.06. The predicted molar refractivity (Wildman–Crippen MR) is 115 cm³/mol. The van der Waals surface area contributed by atoms with Gasteiger partial charge < -0.3 is 20.3 Å². The second kappa shape index (κ2) is 7.82. The molecule has 2 aromatic rings. The zero-order chi connectivity index (χ0) is 21.4. The van der Waals surface area contributed by atoms with Gasteiger partial charge in [0.25, 0.3) is 5.91 Å². The first-order valence-corrected chi connectivity index (χ1v) is 10.1. The van der Waals surface area contributed by atoms with Crippen molar-refractivity contribution >= 4 is 34.8 Å². The molecule has 7 nitrogen and oxygen atoms in total. The largest absolute Gasteiger partial charge is 0.449 e. The van der Waals surface area contributed by atoms with Gasteiger partial charge in [-0.2, -0.15) is 0 Å². The highest BCUT2D eigenvalue weighted by Crippen LogP contribution is 2.37. The molecule has 30 heavy (non-hydrogen) atoms. The van der Waals surface area contributed by atoms with E-state index >= 15 is 0 Å². The number of hydrogen-bond acceptors (Lipinski definition) is 5. The lowest BCUT2D eigenvalue weighted by Gasteiger charge is -2.33. The van der Waals surface area contributed by atoms with Crippen molar-refractivity contribution in [2.24, 2.45) is 0 Å². The molecule has 2 aliphatic heterocycles. The van der Waals surface area contributed by atoms with Crippen LogP contribution in [0.4, 0.5) is 17.1 Å². The van der Waals surface area contributed by atoms with Gasteiger partial charge in [0.05, 0.1) is 16.9 Å². The SMILES string of the molecule is Cc1cccc(C)c1NC(=O)[C@H](C)OC(=O)c1ccc2c(c1)NC(=O)[C@H]1CCCN21. The van der Waals surface area contributed by atoms with Gasteiger partial charge in [-0.15, -0.1) is 0 Å². The van der Waals surface area contributed by atoms with E-state index in [0.29, 0.717) is 11.3 Å². The summed E-state index contributed by atoms with van der Waals surface area (Å²) < 4.78 is 5.38. The van der Waals surface area contributed by atoms with E-state index in [0.717, 1.165) is 41.9 Å². The number of aryl methyl sites for hydroxylation is 2. The third-order valence-corrected chi connectivity index (χ3v) is 5.74. The molecule has 1 fully saturated rings. The lowest BCUT2D eigenvalue weighted by molar-refractivity contribution is -0.123. The molecule has 4 rings (SSSR count). The first kappa shape index (κ1) is 19.9. The molecule has 156 valence electrons. The lowest BCUT2D eigenvalue weighted by Crippen LogP contribution is -2.43. The molecular formula is C23H25N3O4. The fraction of sp³-hybridized carbons (Fsp3) is 0.348. The summed E-state index contributed by atoms with van der Waals surface area (Å²) >= 11 is 0. The number of amides is 2. The Labute approximate surface area is 175 Å². The summed E-state index contributed by atoms with van der Waals surface area (Å²) in [7, 11) is 0. The van der Waals surface area contributed by atoms with E-state index in [4.69, 9.17) is 4.74 Å². The molecule has 1 saturated heterocycles. The highest BCUT2D eigenvalue weighted by molar-refractivity contribution is 6.06. The summed E-state index contributed by atoms with van der Waals surface area (Å²) in [5, 5.41) is 5.72. The summed E-state index contributed by atoms with van der Waals surface area (Å²) in [6.45, 7) is 6.18. The number of para-hydroxylation sites is 1. The van der Waals surface area contributed by atoms with Crippen molar-refractivity contribution in [1.29, 1.82) is 0 Å². The molecule has 2 aliphatic rings. The number of hydrogen-bond donors (Lipinski definition) is 2. The van der Waals surface area contributed by atoms with Crippen molar-refractivity contribution < 1.29 is 19.1 Å². The van der Waals surface area contributed by atoms with Gasteiger partial charge in [-0.1, -0.05) is 18.2 Å². The number of rotatable bonds is 4. The number of benzene rings is 2. The van der Waals surface area contributed by atoms with Crippen LogP contribution >= 0.6 is 0 Å². The number of carbonyl (C=O) groups is 3. The molecule has 0 spiro atoms. The molecular weight excluding hydrogens is 382 g/mol. The highest BCUT2D eigenvalue weighted by atomic mass is 16.5. The Bertz CT molecular complexity index is 1010. The Morgan fingerprint density at radius 1 is 1.20 bits per heavy atom. The second-order valence-electron chi connectivity index (χ2n) is 7.88. The zero-order valence-corrected chi connectivity index (χ0v) is 17.3. The molecule has 0 radical (unpaired) electrons. The van der Waals surface area contributed by atoms with Gasteiger partial charge in [0, 0.05) is 12.2 Å². The van der Waals surface area contributed by atoms with Crippen LogP contribution in [0.15, 0.2) is 36.4 Å². The Balaban J connectivity index is 1.46. The van der Waals surface area contributed by atoms with Crippen LogP contribution in [0.3, 0.4) is 0 Å². The fourth-order valence-corrected chi connectivity index (χ4v) is 4.08. The molecule has 7 heteroatoms. The van der Waals surface area contributed by atoms with Crippen LogP contribution in [-0.2, 0) is 14.3 Å². The minimum atomic E-state index is -0.968. The van der Waals surface area contributed by atoms with Crippen molar-refractivity contribution in [1.82, 2.24) is 0 Å². The van der Waals surface area contributed by atoms with Crippen molar-refractivity contribution in [2.45, 2.75) is 45.8 Å². The molecule has 0 bridgehead atoms. The maximum Gasteiger partial charge on any atom is 0.338 e. The summed E-state index contributed by atoms with van der Waals surface area (Å²) in [6.07, 6.45) is 0.834. The van der Waals surface area contributed by atoms with Crippen LogP contribution in [0, 0.1) is 13.8 Å². The number of esters is 1. The third-order valence-electron chi connectivity index (χ3n) is 5.74. The zero-order valence-electron chi connectivity index (χ0n) is 17.3. The topological polar surface area (TPSA) is 87.7 Å². The lowest BCUT2D eigenvalue weighted by atomic mass is 10.1. The normalized spacial score (nSPS) is 18.2. The number of nitrogens with zero attached hydrogens (tertiary/aromatic N) is 1. The highest BCUT2D eigenvalue weighted by Gasteiger charge is 2.36. The van der Waals surface area contributed by atoms with Crippen molar-refractivity contribution in [3.05, 3.63) is 53.1 Å². The first-order valence-electron chi connectivity index (χ1n) is 10.1. The fourth-order valence-electron chi connectivity index (χ4n) is 4.08. The van der Waals surface area contributed by atoms with Crippen LogP contribution < -0.4 is 15.5 Å². The quantitative estimate of drug-likeness (QED) is 0.759. The molecule has 0 aliphatic carbocycles. The van der Waals surface area contributed by atoms with Crippen LogP contribution in [0.5, 0.6) is 0 Å². The summed E-state index contributed by atoms with van der Waals surface area (Å²) in [6, 6.07) is 10.7. The van der Waals surface area contributed by atoms with Gasteiger partial charge in [0.2, 0.25) is 5.91 Å². The van der Waals surface area contributed by atoms with Gasteiger partial charge >= 0.3 is 5.97 Å². The van der Waals surface area contributed by atoms with E-state index in [1.807, 2.05) is 38.1 Å². The Kier molecular flexibility index (Phi) is 5.20. The first-order chi connectivity index (χ1) is 14.3. The van der Waals surface area contributed by atoms with Crippen molar-refractivity contribution in [3.8, 4) is 0 Å². The van der Waals surface area contributed by atoms with Crippen molar-refractivity contribution in [3.63, 3.8) is 0 Å². The van der Waals surface area contributed by atoms with Crippen LogP contribution in [0.2, 0.25) is 0 Å². The molecule has 2 atom stereocenters. The Morgan fingerprint density at radius 2 is 1.93 bits per heavy atom. The third kappa shape index (κ3) is 3.63. The molecule has 0 saturated carbocycles. The van der Waals surface area contributed by atoms with Gasteiger partial charge in [0.1, 0.15) is 6.04 Å². The minimum absolute atomic E-state index is 0.0492. The standard InChI is InChI=1S/C23H25N3O4/c1-13-6-4-7-14(2)20(13)25-21(27)15(3)30-23(29)16-9-10-18-17(12-16)24-22(28)19-8-5-11-26(18)19/h4,6-7,9-10,12,15,19H,5,8,11H2,1-3H3,(H,24,28)(H,25,27)/t15-,19+/m0/s1. The molecule has 2 heterocycles. The average molecular weight is 407 g/mol. The average Bonchev–Trinajstić information content (AvgIpc) is 3.21. The van der Waals surface area contributed by atoms with Crippen LogP contribution in [0.1, 0.15) is 41.3 Å². The maximum atomic E-state index is 12.6. The van der Waals surface area contributed by atoms with Gasteiger partial charge in [-0.3, -0.25) is 9.59 Å². The number of ether oxygens (including phenoxy) is 1. The van der Waals surface area contributed by atoms with E-state index in [1.54, 1.807) is 12.1 Å². The van der Waals surface area contributed by atoms with Crippen LogP contribution in [-0.4, -0.2) is 36.5 Å². The van der Waals surface area contributed by atoms with Crippen LogP contribution in [0.25, 0.3) is 0 Å². The number of nitrogens with one attached hydrogen (secondary N) is 2. The Morgan fingerprint density at radius 3 is 2.67 bits per heavy atom. The molecule has 2 N–H and O–H groups in total. The van der Waals surface area contributed by atoms with E-state index in [-0.39, 0.29) is 11.9 Å². The number of fused-ring (bicyclic) bond motifs is 3. The smallest absolute Gasteiger partial charge is 0.338 e. The molecule has 0 unspecified atom stereocenters. The number of carbonyl (C=O) groups excluding carboxylic acids is 3. The van der Waals surface area contributed by atoms with Crippen molar-refractivity contribution in [2.75, 3.05) is 22.1 Å². The van der Waals surface area contributed by atoms with Gasteiger partial charge in [-0.25, -0.2) is 4.79 Å². The number of anilines is 3.